The second-order valence-electron chi connectivity index (χ2n) is 9.98. The molecule has 170 valence electrons. The Hall–Kier alpha value is -1.95. The van der Waals surface area contributed by atoms with Crippen LogP contribution in [-0.2, 0) is 11.2 Å². The number of amides is 1. The van der Waals surface area contributed by atoms with Crippen molar-refractivity contribution < 1.29 is 4.79 Å². The summed E-state index contributed by atoms with van der Waals surface area (Å²) in [6.07, 6.45) is 10.6. The van der Waals surface area contributed by atoms with Gasteiger partial charge in [0.05, 0.1) is 11.7 Å². The number of hydrogen-bond donors (Lipinski definition) is 1. The molecule has 4 rings (SSSR count). The van der Waals surface area contributed by atoms with Crippen LogP contribution < -0.4 is 5.32 Å². The first-order valence-corrected chi connectivity index (χ1v) is 12.3. The number of nitrogens with one attached hydrogen (secondary N) is 1. The van der Waals surface area contributed by atoms with E-state index in [0.717, 1.165) is 34.2 Å². The van der Waals surface area contributed by atoms with E-state index in [9.17, 15) is 4.79 Å². The average molecular weight is 426 g/mol. The summed E-state index contributed by atoms with van der Waals surface area (Å²) in [5.74, 6) is 0.955. The summed E-state index contributed by atoms with van der Waals surface area (Å²) in [4.78, 5) is 19.7. The van der Waals surface area contributed by atoms with Crippen molar-refractivity contribution in [3.05, 3.63) is 28.7 Å². The van der Waals surface area contributed by atoms with Crippen LogP contribution in [0.25, 0.3) is 5.65 Å². The fourth-order valence-corrected chi connectivity index (χ4v) is 5.58. The highest BCUT2D eigenvalue weighted by atomic mass is 16.1. The number of aromatic nitrogens is 3. The zero-order chi connectivity index (χ0) is 22.0. The zero-order valence-corrected chi connectivity index (χ0v) is 19.8. The van der Waals surface area contributed by atoms with Gasteiger partial charge in [0, 0.05) is 36.5 Å². The molecule has 0 bridgehead atoms. The molecule has 2 fully saturated rings. The highest BCUT2D eigenvalue weighted by Gasteiger charge is 2.30. The number of carbonyl (C=O) groups is 1. The molecule has 2 aromatic rings. The monoisotopic (exact) mass is 425 g/mol. The SMILES string of the molecule is Cc1nc2cc([C@@H]3CCCN3CC3CCCCC3)nn2c(C)c1CCC(=O)NC(C)C. The Bertz CT molecular complexity index is 912. The molecule has 1 atom stereocenters. The molecule has 31 heavy (non-hydrogen) atoms. The Morgan fingerprint density at radius 3 is 2.68 bits per heavy atom. The molecule has 2 aromatic heterocycles. The predicted octanol–water partition coefficient (Wildman–Crippen LogP) is 4.52. The van der Waals surface area contributed by atoms with Crippen molar-refractivity contribution >= 4 is 11.6 Å². The summed E-state index contributed by atoms with van der Waals surface area (Å²) >= 11 is 0. The van der Waals surface area contributed by atoms with E-state index in [1.807, 2.05) is 18.4 Å². The van der Waals surface area contributed by atoms with Gasteiger partial charge in [0.2, 0.25) is 5.91 Å². The molecule has 0 spiro atoms. The van der Waals surface area contributed by atoms with E-state index >= 15 is 0 Å². The van der Waals surface area contributed by atoms with Gasteiger partial charge in [0.1, 0.15) is 0 Å². The molecule has 6 nitrogen and oxygen atoms in total. The van der Waals surface area contributed by atoms with Crippen LogP contribution in [0.5, 0.6) is 0 Å². The molecule has 1 saturated carbocycles. The van der Waals surface area contributed by atoms with Crippen LogP contribution in [0.3, 0.4) is 0 Å². The summed E-state index contributed by atoms with van der Waals surface area (Å²) < 4.78 is 2.01. The van der Waals surface area contributed by atoms with Crippen LogP contribution in [0.4, 0.5) is 0 Å². The smallest absolute Gasteiger partial charge is 0.220 e. The molecule has 6 heteroatoms. The summed E-state index contributed by atoms with van der Waals surface area (Å²) in [6.45, 7) is 10.6. The molecule has 0 unspecified atom stereocenters. The molecule has 0 aromatic carbocycles. The van der Waals surface area contributed by atoms with E-state index in [2.05, 4.69) is 30.1 Å². The van der Waals surface area contributed by atoms with Gasteiger partial charge in [-0.1, -0.05) is 19.3 Å². The van der Waals surface area contributed by atoms with Gasteiger partial charge in [-0.25, -0.2) is 9.50 Å². The summed E-state index contributed by atoms with van der Waals surface area (Å²) in [6, 6.07) is 2.79. The third-order valence-electron chi connectivity index (χ3n) is 7.16. The van der Waals surface area contributed by atoms with E-state index in [1.54, 1.807) is 0 Å². The molecule has 0 radical (unpaired) electrons. The molecule has 1 amide bonds. The van der Waals surface area contributed by atoms with Gasteiger partial charge in [-0.2, -0.15) is 5.10 Å². The van der Waals surface area contributed by atoms with Crippen molar-refractivity contribution in [3.63, 3.8) is 0 Å². The lowest BCUT2D eigenvalue weighted by Crippen LogP contribution is -2.30. The minimum atomic E-state index is 0.0966. The van der Waals surface area contributed by atoms with Crippen molar-refractivity contribution in [2.24, 2.45) is 5.92 Å². The fraction of sp³-hybridized carbons (Fsp3) is 0.720. The third kappa shape index (κ3) is 5.11. The quantitative estimate of drug-likeness (QED) is 0.708. The van der Waals surface area contributed by atoms with E-state index in [0.29, 0.717) is 18.9 Å². The van der Waals surface area contributed by atoms with Crippen molar-refractivity contribution in [1.29, 1.82) is 0 Å². The topological polar surface area (TPSA) is 62.5 Å². The van der Waals surface area contributed by atoms with Crippen molar-refractivity contribution in [2.45, 2.75) is 97.6 Å². The van der Waals surface area contributed by atoms with Crippen LogP contribution in [0, 0.1) is 19.8 Å². The molecular formula is C25H39N5O. The van der Waals surface area contributed by atoms with E-state index < -0.39 is 0 Å². The average Bonchev–Trinajstić information content (AvgIpc) is 3.34. The second kappa shape index (κ2) is 9.68. The third-order valence-corrected chi connectivity index (χ3v) is 7.16. The molecule has 1 N–H and O–H groups in total. The van der Waals surface area contributed by atoms with Gasteiger partial charge in [0.15, 0.2) is 5.65 Å². The fourth-order valence-electron chi connectivity index (χ4n) is 5.58. The maximum atomic E-state index is 12.1. The number of carbonyl (C=O) groups excluding carboxylic acids is 1. The Morgan fingerprint density at radius 1 is 1.16 bits per heavy atom. The minimum absolute atomic E-state index is 0.0966. The molecule has 3 heterocycles. The minimum Gasteiger partial charge on any atom is -0.354 e. The molecule has 1 saturated heterocycles. The van der Waals surface area contributed by atoms with Gasteiger partial charge < -0.3 is 5.32 Å². The normalized spacial score (nSPS) is 20.7. The molecule has 1 aliphatic carbocycles. The van der Waals surface area contributed by atoms with Crippen LogP contribution >= 0.6 is 0 Å². The number of fused-ring (bicyclic) bond motifs is 1. The first kappa shape index (κ1) is 22.3. The number of rotatable bonds is 7. The van der Waals surface area contributed by atoms with Crippen molar-refractivity contribution in [3.8, 4) is 0 Å². The van der Waals surface area contributed by atoms with Crippen LogP contribution in [0.15, 0.2) is 6.07 Å². The second-order valence-corrected chi connectivity index (χ2v) is 9.98. The Morgan fingerprint density at radius 2 is 1.94 bits per heavy atom. The number of aryl methyl sites for hydroxylation is 2. The van der Waals surface area contributed by atoms with Crippen molar-refractivity contribution in [2.75, 3.05) is 13.1 Å². The number of hydrogen-bond acceptors (Lipinski definition) is 4. The highest BCUT2D eigenvalue weighted by Crippen LogP contribution is 2.35. The maximum Gasteiger partial charge on any atom is 0.220 e. The van der Waals surface area contributed by atoms with Gasteiger partial charge in [-0.05, 0) is 77.8 Å². The van der Waals surface area contributed by atoms with Gasteiger partial charge in [-0.3, -0.25) is 9.69 Å². The summed E-state index contributed by atoms with van der Waals surface area (Å²) in [5, 5.41) is 8.01. The highest BCUT2D eigenvalue weighted by molar-refractivity contribution is 5.76. The van der Waals surface area contributed by atoms with Gasteiger partial charge >= 0.3 is 0 Å². The van der Waals surface area contributed by atoms with Crippen LogP contribution in [-0.4, -0.2) is 44.5 Å². The standard InChI is InChI=1S/C25H39N5O/c1-17(2)26-25(31)13-12-21-18(3)27-24-15-22(28-30(24)19(21)4)23-11-8-14-29(23)16-20-9-6-5-7-10-20/h15,17,20,23H,5-14,16H2,1-4H3,(H,26,31)/t23-/m0/s1. The predicted molar refractivity (Wildman–Crippen MR) is 124 cm³/mol. The van der Waals surface area contributed by atoms with E-state index in [1.165, 1.54) is 58.0 Å². The Kier molecular flexibility index (Phi) is 6.95. The largest absolute Gasteiger partial charge is 0.354 e. The van der Waals surface area contributed by atoms with Crippen LogP contribution in [0.2, 0.25) is 0 Å². The molecule has 1 aliphatic heterocycles. The summed E-state index contributed by atoms with van der Waals surface area (Å²) in [5.41, 5.74) is 5.37. The lowest BCUT2D eigenvalue weighted by atomic mass is 9.89. The first-order chi connectivity index (χ1) is 14.9. The molecular weight excluding hydrogens is 386 g/mol. The zero-order valence-electron chi connectivity index (χ0n) is 19.8. The van der Waals surface area contributed by atoms with E-state index in [-0.39, 0.29) is 11.9 Å². The molecule has 2 aliphatic rings. The number of likely N-dealkylation sites (tertiary alicyclic amines) is 1. The van der Waals surface area contributed by atoms with Crippen molar-refractivity contribution in [1.82, 2.24) is 24.8 Å². The van der Waals surface area contributed by atoms with Gasteiger partial charge in [0.25, 0.3) is 0 Å². The maximum absolute atomic E-state index is 12.1. The van der Waals surface area contributed by atoms with E-state index in [4.69, 9.17) is 10.1 Å². The lowest BCUT2D eigenvalue weighted by Gasteiger charge is -2.30. The van der Waals surface area contributed by atoms with Gasteiger partial charge in [-0.15, -0.1) is 0 Å². The Labute approximate surface area is 186 Å². The Balaban J connectivity index is 1.52. The van der Waals surface area contributed by atoms with Crippen LogP contribution in [0.1, 0.15) is 93.9 Å². The number of nitrogens with zero attached hydrogens (tertiary/aromatic N) is 4. The first-order valence-electron chi connectivity index (χ1n) is 12.3. The lowest BCUT2D eigenvalue weighted by molar-refractivity contribution is -0.121. The summed E-state index contributed by atoms with van der Waals surface area (Å²) in [7, 11) is 0.